The molecule has 4 nitrogen and oxygen atoms in total. The van der Waals surface area contributed by atoms with Crippen molar-refractivity contribution in [1.29, 1.82) is 0 Å². The van der Waals surface area contributed by atoms with Crippen molar-refractivity contribution in [2.75, 3.05) is 10.6 Å². The summed E-state index contributed by atoms with van der Waals surface area (Å²) in [5.74, 6) is 0. The van der Waals surface area contributed by atoms with Gasteiger partial charge in [0.1, 0.15) is 0 Å². The van der Waals surface area contributed by atoms with E-state index < -0.39 is 0 Å². The van der Waals surface area contributed by atoms with Crippen LogP contribution in [0.1, 0.15) is 11.1 Å². The van der Waals surface area contributed by atoms with Gasteiger partial charge in [0.25, 0.3) is 0 Å². The fourth-order valence-electron chi connectivity index (χ4n) is 1.91. The quantitative estimate of drug-likeness (QED) is 0.515. The topological polar surface area (TPSA) is 58.2 Å². The molecule has 23 heavy (non-hydrogen) atoms. The first-order valence-corrected chi connectivity index (χ1v) is 5.77. The first-order valence-electron chi connectivity index (χ1n) is 5.77. The predicted octanol–water partition coefficient (Wildman–Crippen LogP) is 3.13. The van der Waals surface area contributed by atoms with E-state index in [-0.39, 0.29) is 80.3 Å². The molecule has 0 aliphatic carbocycles. The summed E-state index contributed by atoms with van der Waals surface area (Å²) in [6.45, 7) is 0. The van der Waals surface area contributed by atoms with Crippen LogP contribution in [0.4, 0.5) is 11.4 Å². The molecule has 0 atom stereocenters. The first kappa shape index (κ1) is 27.4. The average Bonchev–Trinajstić information content (AvgIpc) is 2.44. The van der Waals surface area contributed by atoms with Gasteiger partial charge in [-0.1, -0.05) is 36.4 Å². The Morgan fingerprint density at radius 3 is 1.39 bits per heavy atom. The molecule has 2 rings (SSSR count). The summed E-state index contributed by atoms with van der Waals surface area (Å²) in [5.41, 5.74) is 3.32. The molecule has 118 valence electrons. The second-order valence-electron chi connectivity index (χ2n) is 3.95. The van der Waals surface area contributed by atoms with Gasteiger partial charge in [0, 0.05) is 65.4 Å². The van der Waals surface area contributed by atoms with Crippen molar-refractivity contribution in [3.8, 4) is 0 Å². The Morgan fingerprint density at radius 1 is 0.696 bits per heavy atom. The molecule has 2 amide bonds. The normalized spacial score (nSPS) is 8.00. The smallest absolute Gasteiger partial charge is 0.0692 e. The standard InChI is InChI=1S/C15H12N2O2.2CH3.2Y/c18-10-16-14-7-3-1-5-12(14)9-13-6-2-4-8-15(13)17-11-19;;;;/h1-8H,9H2,(H,16,18)(H,17,19);2*1H3;;/q-2;2*-1;;. The Hall–Kier alpha value is -0.412. The minimum Gasteiger partial charge on any atom is -0.490 e. The summed E-state index contributed by atoms with van der Waals surface area (Å²) >= 11 is 0. The number of rotatable bonds is 6. The van der Waals surface area contributed by atoms with Crippen molar-refractivity contribution in [2.24, 2.45) is 0 Å². The zero-order chi connectivity index (χ0) is 13.5. The summed E-state index contributed by atoms with van der Waals surface area (Å²) in [6, 6.07) is 14.9. The van der Waals surface area contributed by atoms with Crippen LogP contribution in [0.15, 0.2) is 48.5 Å². The Morgan fingerprint density at radius 2 is 1.04 bits per heavy atom. The summed E-state index contributed by atoms with van der Waals surface area (Å²) in [7, 11) is 0. The molecule has 6 heteroatoms. The predicted molar refractivity (Wildman–Crippen MR) is 87.2 cm³/mol. The van der Waals surface area contributed by atoms with Gasteiger partial charge in [0.2, 0.25) is 0 Å². The van der Waals surface area contributed by atoms with E-state index in [1.807, 2.05) is 48.5 Å². The molecule has 0 saturated carbocycles. The number of carbonyl (C=O) groups excluding carboxylic acids is 2. The molecule has 0 heterocycles. The Kier molecular flexibility index (Phi) is 18.1. The van der Waals surface area contributed by atoms with Gasteiger partial charge in [-0.3, -0.25) is 0 Å². The number of para-hydroxylation sites is 2. The summed E-state index contributed by atoms with van der Waals surface area (Å²) in [4.78, 5) is 20.9. The Bertz CT molecular complexity index is 541. The molecule has 2 aromatic carbocycles. The van der Waals surface area contributed by atoms with Crippen molar-refractivity contribution in [2.45, 2.75) is 6.42 Å². The molecule has 0 aromatic heterocycles. The molecule has 0 fully saturated rings. The van der Waals surface area contributed by atoms with Crippen molar-refractivity contribution in [3.63, 3.8) is 0 Å². The molecule has 0 aliphatic rings. The van der Waals surface area contributed by atoms with Crippen LogP contribution in [0.2, 0.25) is 0 Å². The zero-order valence-corrected chi connectivity index (χ0v) is 19.0. The molecule has 2 N–H and O–H groups in total. The summed E-state index contributed by atoms with van der Waals surface area (Å²) in [6.07, 6.45) is 3.94. The Balaban J connectivity index is -0.000001000. The van der Waals surface area contributed by atoms with Crippen LogP contribution in [-0.4, -0.2) is 12.8 Å². The van der Waals surface area contributed by atoms with Crippen LogP contribution in [0.5, 0.6) is 0 Å². The van der Waals surface area contributed by atoms with Crippen molar-refractivity contribution < 1.29 is 75.0 Å². The van der Waals surface area contributed by atoms with Crippen LogP contribution >= 0.6 is 0 Å². The van der Waals surface area contributed by atoms with Crippen LogP contribution in [0, 0.1) is 14.9 Å². The van der Waals surface area contributed by atoms with Crippen molar-refractivity contribution in [1.82, 2.24) is 0 Å². The minimum atomic E-state index is 0. The third-order valence-electron chi connectivity index (χ3n) is 2.79. The van der Waals surface area contributed by atoms with E-state index in [1.54, 1.807) is 12.8 Å². The van der Waals surface area contributed by atoms with E-state index in [2.05, 4.69) is 10.6 Å². The molecule has 0 spiro atoms. The molecule has 0 saturated heterocycles. The van der Waals surface area contributed by atoms with Crippen LogP contribution in [-0.2, 0) is 81.4 Å². The summed E-state index contributed by atoms with van der Waals surface area (Å²) < 4.78 is 0. The number of benzene rings is 2. The molecule has 0 unspecified atom stereocenters. The maximum absolute atomic E-state index is 10.4. The van der Waals surface area contributed by atoms with Gasteiger partial charge in [0.05, 0.1) is 12.8 Å². The third-order valence-corrected chi connectivity index (χ3v) is 2.79. The average molecular weight is 460 g/mol. The van der Waals surface area contributed by atoms with Crippen molar-refractivity contribution in [3.05, 3.63) is 74.5 Å². The van der Waals surface area contributed by atoms with Crippen molar-refractivity contribution >= 4 is 24.2 Å². The van der Waals surface area contributed by atoms with E-state index in [0.717, 1.165) is 11.1 Å². The minimum absolute atomic E-state index is 0. The van der Waals surface area contributed by atoms with E-state index >= 15 is 0 Å². The third kappa shape index (κ3) is 8.30. The largest absolute Gasteiger partial charge is 0.490 e. The number of amides is 2. The number of nitrogens with one attached hydrogen (secondary N) is 2. The zero-order valence-electron chi connectivity index (χ0n) is 13.3. The van der Waals surface area contributed by atoms with Gasteiger partial charge in [-0.25, -0.2) is 0 Å². The SMILES string of the molecule is O=[C-]Nc1ccccc1Cc1ccccc1N[C-]=O.[CH3-].[CH3-].[Y].[Y]. The van der Waals surface area contributed by atoms with Gasteiger partial charge < -0.3 is 35.1 Å². The molecule has 0 bridgehead atoms. The molecule has 2 aromatic rings. The monoisotopic (exact) mass is 460 g/mol. The fourth-order valence-corrected chi connectivity index (χ4v) is 1.91. The first-order chi connectivity index (χ1) is 9.35. The van der Waals surface area contributed by atoms with Crippen LogP contribution < -0.4 is 10.6 Å². The fraction of sp³-hybridized carbons (Fsp3) is 0.0588. The Labute approximate surface area is 189 Å². The van der Waals surface area contributed by atoms with Gasteiger partial charge in [-0.15, -0.1) is 34.6 Å². The van der Waals surface area contributed by atoms with E-state index in [4.69, 9.17) is 0 Å². The maximum atomic E-state index is 10.4. The molecular weight excluding hydrogens is 442 g/mol. The van der Waals surface area contributed by atoms with Crippen LogP contribution in [0.25, 0.3) is 0 Å². The number of hydrogen-bond donors (Lipinski definition) is 2. The number of hydrogen-bond acceptors (Lipinski definition) is 2. The van der Waals surface area contributed by atoms with Gasteiger partial charge in [-0.2, -0.15) is 0 Å². The summed E-state index contributed by atoms with van der Waals surface area (Å²) in [5, 5.41) is 5.09. The second kappa shape index (κ2) is 15.1. The number of anilines is 2. The van der Waals surface area contributed by atoms with Gasteiger partial charge in [0.15, 0.2) is 0 Å². The van der Waals surface area contributed by atoms with E-state index in [9.17, 15) is 9.59 Å². The molecule has 0 aliphatic heterocycles. The van der Waals surface area contributed by atoms with Gasteiger partial charge in [-0.05, 0) is 6.42 Å². The van der Waals surface area contributed by atoms with E-state index in [1.165, 1.54) is 0 Å². The van der Waals surface area contributed by atoms with Crippen LogP contribution in [0.3, 0.4) is 0 Å². The second-order valence-corrected chi connectivity index (χ2v) is 3.95. The molecular formula is C17H18N2O2Y2-4. The van der Waals surface area contributed by atoms with E-state index in [0.29, 0.717) is 17.8 Å². The maximum Gasteiger partial charge on any atom is 0.0692 e. The molecule has 2 radical (unpaired) electrons. The van der Waals surface area contributed by atoms with Gasteiger partial charge >= 0.3 is 0 Å².